The number of nitrogens with zero attached hydrogens (tertiary/aromatic N) is 2. The van der Waals surface area contributed by atoms with E-state index in [0.717, 1.165) is 11.8 Å². The molecular weight excluding hydrogens is 711 g/mol. The first-order valence-corrected chi connectivity index (χ1v) is 22.6. The first-order chi connectivity index (χ1) is 29.2. The fourth-order valence-corrected chi connectivity index (χ4v) is 15.4. The van der Waals surface area contributed by atoms with Crippen LogP contribution in [-0.2, 0) is 10.8 Å². The fourth-order valence-electron chi connectivity index (χ4n) is 15.4. The van der Waals surface area contributed by atoms with Gasteiger partial charge in [0.15, 0.2) is 0 Å². The Morgan fingerprint density at radius 2 is 1.02 bits per heavy atom. The molecule has 0 aromatic heterocycles. The Morgan fingerprint density at radius 1 is 0.441 bits per heavy atom. The van der Waals surface area contributed by atoms with Gasteiger partial charge in [-0.1, -0.05) is 122 Å². The van der Waals surface area contributed by atoms with Gasteiger partial charge in [-0.3, -0.25) is 0 Å². The maximum Gasteiger partial charge on any atom is 0.252 e. The highest BCUT2D eigenvalue weighted by Crippen LogP contribution is 2.69. The molecule has 15 rings (SSSR count). The molecule has 2 heterocycles. The second-order valence-electron chi connectivity index (χ2n) is 19.6. The minimum absolute atomic E-state index is 0.0462. The Hall–Kier alpha value is -5.80. The summed E-state index contributed by atoms with van der Waals surface area (Å²) in [6, 6.07) is 59.5. The van der Waals surface area contributed by atoms with E-state index in [1.54, 1.807) is 22.3 Å². The summed E-state index contributed by atoms with van der Waals surface area (Å²) in [7, 11) is 0. The van der Waals surface area contributed by atoms with Crippen LogP contribution in [0.5, 0.6) is 0 Å². The van der Waals surface area contributed by atoms with Crippen LogP contribution in [-0.4, -0.2) is 6.71 Å². The molecule has 4 fully saturated rings. The molecule has 8 aliphatic rings. The van der Waals surface area contributed by atoms with Crippen LogP contribution in [0.4, 0.5) is 34.1 Å². The predicted octanol–water partition coefficient (Wildman–Crippen LogP) is 11.9. The molecule has 0 amide bonds. The molecule has 0 N–H and O–H groups in total. The first kappa shape index (κ1) is 32.1. The largest absolute Gasteiger partial charge is 0.311 e. The Bertz CT molecular complexity index is 2970. The summed E-state index contributed by atoms with van der Waals surface area (Å²) in [4.78, 5) is 5.41. The molecule has 4 saturated carbocycles. The molecule has 7 aromatic carbocycles. The van der Waals surface area contributed by atoms with Gasteiger partial charge in [0, 0.05) is 44.8 Å². The Balaban J connectivity index is 1.11. The Labute approximate surface area is 347 Å². The van der Waals surface area contributed by atoms with Crippen LogP contribution in [0.15, 0.2) is 152 Å². The minimum atomic E-state index is 0.0462. The van der Waals surface area contributed by atoms with E-state index < -0.39 is 0 Å². The van der Waals surface area contributed by atoms with E-state index in [-0.39, 0.29) is 17.5 Å². The van der Waals surface area contributed by atoms with E-state index >= 15 is 0 Å². The van der Waals surface area contributed by atoms with E-state index in [4.69, 9.17) is 0 Å². The monoisotopic (exact) mass is 756 g/mol. The number of hydrogen-bond donors (Lipinski definition) is 0. The van der Waals surface area contributed by atoms with Gasteiger partial charge in [0.1, 0.15) is 0 Å². The highest BCUT2D eigenvalue weighted by molar-refractivity contribution is 7.00. The van der Waals surface area contributed by atoms with Crippen molar-refractivity contribution in [2.45, 2.75) is 62.2 Å². The highest BCUT2D eigenvalue weighted by atomic mass is 15.2. The second-order valence-corrected chi connectivity index (χ2v) is 19.6. The molecule has 6 aliphatic carbocycles. The average molecular weight is 757 g/mol. The number of benzene rings is 7. The SMILES string of the molecule is c1ccc(N2c3ccccc3B3c4cc5c(cc4N(c4ccccc4)c4c3c2cc2c4-c3ccccc3[C@@]23CC2CC[C@H]3C2)[C@]2(C[C@@H]3CC[C@H]2C3)c2ccccc2-5)cc1. The van der Waals surface area contributed by atoms with Gasteiger partial charge in [-0.05, 0) is 160 Å². The minimum Gasteiger partial charge on any atom is -0.311 e. The summed E-state index contributed by atoms with van der Waals surface area (Å²) < 4.78 is 0. The van der Waals surface area contributed by atoms with E-state index in [2.05, 4.69) is 161 Å². The number of anilines is 6. The van der Waals surface area contributed by atoms with Crippen LogP contribution in [0.3, 0.4) is 0 Å². The van der Waals surface area contributed by atoms with E-state index in [0.29, 0.717) is 11.8 Å². The third-order valence-electron chi connectivity index (χ3n) is 17.3. The molecule has 4 bridgehead atoms. The number of hydrogen-bond acceptors (Lipinski definition) is 2. The third-order valence-corrected chi connectivity index (χ3v) is 17.3. The number of fused-ring (bicyclic) bond motifs is 21. The third kappa shape index (κ3) is 3.75. The molecule has 2 aliphatic heterocycles. The lowest BCUT2D eigenvalue weighted by Crippen LogP contribution is -2.61. The summed E-state index contributed by atoms with van der Waals surface area (Å²) in [6.45, 7) is 0.0919. The normalized spacial score (nSPS) is 27.5. The highest BCUT2D eigenvalue weighted by Gasteiger charge is 2.60. The average Bonchev–Trinajstić information content (AvgIpc) is 4.17. The maximum absolute atomic E-state index is 2.77. The summed E-state index contributed by atoms with van der Waals surface area (Å²) in [5, 5.41) is 0. The smallest absolute Gasteiger partial charge is 0.252 e. The lowest BCUT2D eigenvalue weighted by molar-refractivity contribution is 0.327. The van der Waals surface area contributed by atoms with Gasteiger partial charge in [-0.2, -0.15) is 0 Å². The van der Waals surface area contributed by atoms with Crippen LogP contribution >= 0.6 is 0 Å². The first-order valence-electron chi connectivity index (χ1n) is 22.6. The van der Waals surface area contributed by atoms with Crippen LogP contribution in [0, 0.1) is 23.7 Å². The van der Waals surface area contributed by atoms with Crippen LogP contribution < -0.4 is 26.2 Å². The molecule has 0 radical (unpaired) electrons. The molecule has 2 spiro atoms. The van der Waals surface area contributed by atoms with Gasteiger partial charge < -0.3 is 9.80 Å². The van der Waals surface area contributed by atoms with Gasteiger partial charge >= 0.3 is 0 Å². The summed E-state index contributed by atoms with van der Waals surface area (Å²) >= 11 is 0. The molecule has 282 valence electrons. The van der Waals surface area contributed by atoms with Crippen LogP contribution in [0.2, 0.25) is 0 Å². The summed E-state index contributed by atoms with van der Waals surface area (Å²) in [6.07, 6.45) is 10.8. The van der Waals surface area contributed by atoms with Gasteiger partial charge in [-0.15, -0.1) is 0 Å². The van der Waals surface area contributed by atoms with Gasteiger partial charge in [0.2, 0.25) is 0 Å². The van der Waals surface area contributed by atoms with Crippen molar-refractivity contribution >= 4 is 57.2 Å². The van der Waals surface area contributed by atoms with Crippen molar-refractivity contribution in [3.8, 4) is 22.3 Å². The fraction of sp³-hybridized carbons (Fsp3) is 0.250. The molecule has 59 heavy (non-hydrogen) atoms. The molecule has 7 aromatic rings. The quantitative estimate of drug-likeness (QED) is 0.162. The van der Waals surface area contributed by atoms with Crippen molar-refractivity contribution in [2.75, 3.05) is 9.80 Å². The molecule has 6 atom stereocenters. The predicted molar refractivity (Wildman–Crippen MR) is 244 cm³/mol. The summed E-state index contributed by atoms with van der Waals surface area (Å²) in [5.74, 6) is 3.02. The topological polar surface area (TPSA) is 6.48 Å². The Kier molecular flexibility index (Phi) is 6.02. The van der Waals surface area contributed by atoms with Crippen molar-refractivity contribution in [3.63, 3.8) is 0 Å². The van der Waals surface area contributed by atoms with Crippen molar-refractivity contribution < 1.29 is 0 Å². The van der Waals surface area contributed by atoms with Gasteiger partial charge in [-0.25, -0.2) is 0 Å². The van der Waals surface area contributed by atoms with E-state index in [1.807, 2.05) is 0 Å². The molecule has 1 unspecified atom stereocenters. The van der Waals surface area contributed by atoms with Crippen molar-refractivity contribution in [1.29, 1.82) is 0 Å². The zero-order valence-corrected chi connectivity index (χ0v) is 33.4. The van der Waals surface area contributed by atoms with Gasteiger partial charge in [0.05, 0.1) is 5.69 Å². The van der Waals surface area contributed by atoms with Crippen molar-refractivity contribution in [3.05, 3.63) is 174 Å². The zero-order chi connectivity index (χ0) is 38.2. The molecule has 0 saturated heterocycles. The van der Waals surface area contributed by atoms with Crippen LogP contribution in [0.25, 0.3) is 22.3 Å². The van der Waals surface area contributed by atoms with E-state index in [9.17, 15) is 0 Å². The zero-order valence-electron chi connectivity index (χ0n) is 33.4. The molecule has 2 nitrogen and oxygen atoms in total. The van der Waals surface area contributed by atoms with Gasteiger partial charge in [0.25, 0.3) is 6.71 Å². The summed E-state index contributed by atoms with van der Waals surface area (Å²) in [5.41, 5.74) is 24.7. The standard InChI is InChI=1S/C56H45BN2/c1-3-13-38(14-4-1)58-49-22-12-11-21-47(49)57-48-29-42-40-17-7-9-19-43(40)55(32-34-23-25-36(55)27-34)45(42)30-50(48)59(39-15-5-2-6-16-39)54-52-41-18-8-10-20-44(41)56(33-35-24-26-37(56)28-35)46(52)31-51(58)53(54)57/h1-22,29-31,34-37H,23-28,32-33H2/t34-,35?,36+,37+,55+,56+/m1/s1. The van der Waals surface area contributed by atoms with Crippen LogP contribution in [0.1, 0.15) is 73.6 Å². The number of rotatable bonds is 2. The lowest BCUT2D eigenvalue weighted by Gasteiger charge is -2.46. The molecule has 3 heteroatoms. The van der Waals surface area contributed by atoms with Crippen molar-refractivity contribution in [1.82, 2.24) is 0 Å². The number of para-hydroxylation sites is 3. The lowest BCUT2D eigenvalue weighted by atomic mass is 9.33. The Morgan fingerprint density at radius 3 is 1.69 bits per heavy atom. The van der Waals surface area contributed by atoms with Crippen molar-refractivity contribution in [2.24, 2.45) is 23.7 Å². The second kappa shape index (κ2) is 11.1. The van der Waals surface area contributed by atoms with E-state index in [1.165, 1.54) is 124 Å². The maximum atomic E-state index is 2.77. The molecular formula is C56H45BN2.